The molecule has 1 atom stereocenters. The van der Waals surface area contributed by atoms with E-state index in [1.54, 1.807) is 17.4 Å². The second-order valence-electron chi connectivity index (χ2n) is 6.85. The molecule has 1 saturated carbocycles. The van der Waals surface area contributed by atoms with E-state index in [9.17, 15) is 4.79 Å². The number of ether oxygens (including phenoxy) is 1. The van der Waals surface area contributed by atoms with Crippen molar-refractivity contribution in [2.45, 2.75) is 25.3 Å². The summed E-state index contributed by atoms with van der Waals surface area (Å²) in [6, 6.07) is 15.0. The third-order valence-corrected chi connectivity index (χ3v) is 5.92. The molecule has 2 aliphatic rings. The lowest BCUT2D eigenvalue weighted by Crippen LogP contribution is -2.36. The predicted molar refractivity (Wildman–Crippen MR) is 102 cm³/mol. The Morgan fingerprint density at radius 2 is 2.00 bits per heavy atom. The number of benzene rings is 1. The summed E-state index contributed by atoms with van der Waals surface area (Å²) in [4.78, 5) is 17.1. The van der Waals surface area contributed by atoms with Crippen LogP contribution in [0.3, 0.4) is 0 Å². The van der Waals surface area contributed by atoms with Gasteiger partial charge in [0.1, 0.15) is 0 Å². The number of nitrogens with zero attached hydrogens (tertiary/aromatic N) is 1. The molecule has 1 saturated heterocycles. The zero-order valence-electron chi connectivity index (χ0n) is 14.3. The van der Waals surface area contributed by atoms with Gasteiger partial charge in [0.25, 0.3) is 0 Å². The van der Waals surface area contributed by atoms with Crippen LogP contribution >= 0.6 is 11.3 Å². The molecule has 1 amide bonds. The molecule has 2 aromatic rings. The quantitative estimate of drug-likeness (QED) is 0.718. The Labute approximate surface area is 152 Å². The first-order valence-corrected chi connectivity index (χ1v) is 9.83. The van der Waals surface area contributed by atoms with E-state index in [2.05, 4.69) is 29.2 Å². The van der Waals surface area contributed by atoms with E-state index in [0.29, 0.717) is 12.0 Å². The lowest BCUT2D eigenvalue weighted by atomic mass is 10.1. The van der Waals surface area contributed by atoms with Crippen LogP contribution in [0, 0.1) is 5.92 Å². The zero-order chi connectivity index (χ0) is 17.1. The molecule has 0 spiro atoms. The van der Waals surface area contributed by atoms with Crippen molar-refractivity contribution in [1.29, 1.82) is 0 Å². The van der Waals surface area contributed by atoms with Crippen molar-refractivity contribution in [2.24, 2.45) is 5.92 Å². The van der Waals surface area contributed by atoms with E-state index in [4.69, 9.17) is 4.74 Å². The maximum absolute atomic E-state index is 12.7. The van der Waals surface area contributed by atoms with Gasteiger partial charge in [0, 0.05) is 40.9 Å². The summed E-state index contributed by atoms with van der Waals surface area (Å²) < 4.78 is 5.46. The van der Waals surface area contributed by atoms with E-state index < -0.39 is 0 Å². The molecule has 1 unspecified atom stereocenters. The van der Waals surface area contributed by atoms with E-state index >= 15 is 0 Å². The van der Waals surface area contributed by atoms with Crippen molar-refractivity contribution in [3.63, 3.8) is 0 Å². The molecule has 0 radical (unpaired) electrons. The highest BCUT2D eigenvalue weighted by molar-refractivity contribution is 7.16. The number of hydrogen-bond acceptors (Lipinski definition) is 3. The first-order valence-electron chi connectivity index (χ1n) is 9.01. The molecular formula is C21H23NO2S. The van der Waals surface area contributed by atoms with Crippen LogP contribution < -0.4 is 0 Å². The highest BCUT2D eigenvalue weighted by atomic mass is 32.1. The fourth-order valence-corrected chi connectivity index (χ4v) is 4.18. The summed E-state index contributed by atoms with van der Waals surface area (Å²) in [5.74, 6) is 0.647. The van der Waals surface area contributed by atoms with Crippen LogP contribution in [0.1, 0.15) is 24.1 Å². The molecule has 1 aliphatic carbocycles. The Bertz CT molecular complexity index is 742. The average Bonchev–Trinajstić information content (AvgIpc) is 3.16. The molecule has 1 aromatic carbocycles. The Balaban J connectivity index is 1.41. The highest BCUT2D eigenvalue weighted by Crippen LogP contribution is 2.31. The third-order valence-electron chi connectivity index (χ3n) is 4.82. The molecule has 2 heterocycles. The summed E-state index contributed by atoms with van der Waals surface area (Å²) in [5.41, 5.74) is 1.22. The van der Waals surface area contributed by atoms with Crippen LogP contribution in [0.15, 0.2) is 48.5 Å². The number of amides is 1. The number of carbonyl (C=O) groups is 1. The fraction of sp³-hybridized carbons (Fsp3) is 0.381. The second kappa shape index (κ2) is 7.54. The van der Waals surface area contributed by atoms with Gasteiger partial charge in [0.15, 0.2) is 0 Å². The minimum Gasteiger partial charge on any atom is -0.381 e. The van der Waals surface area contributed by atoms with Crippen molar-refractivity contribution >= 4 is 23.3 Å². The molecule has 0 bridgehead atoms. The maximum atomic E-state index is 12.7. The Morgan fingerprint density at radius 1 is 1.16 bits per heavy atom. The van der Waals surface area contributed by atoms with Gasteiger partial charge in [-0.15, -0.1) is 11.3 Å². The topological polar surface area (TPSA) is 29.5 Å². The lowest BCUT2D eigenvalue weighted by Gasteiger charge is -2.23. The van der Waals surface area contributed by atoms with E-state index in [-0.39, 0.29) is 5.91 Å². The second-order valence-corrected chi connectivity index (χ2v) is 7.97. The lowest BCUT2D eigenvalue weighted by molar-refractivity contribution is -0.127. The van der Waals surface area contributed by atoms with Crippen molar-refractivity contribution < 1.29 is 9.53 Å². The minimum absolute atomic E-state index is 0.143. The monoisotopic (exact) mass is 353 g/mol. The summed E-state index contributed by atoms with van der Waals surface area (Å²) in [5, 5.41) is 0. The maximum Gasteiger partial charge on any atom is 0.246 e. The normalized spacial score (nSPS) is 20.2. The minimum atomic E-state index is 0.143. The zero-order valence-corrected chi connectivity index (χ0v) is 15.1. The van der Waals surface area contributed by atoms with E-state index in [0.717, 1.165) is 43.9 Å². The molecule has 4 rings (SSSR count). The Morgan fingerprint density at radius 3 is 2.72 bits per heavy atom. The van der Waals surface area contributed by atoms with Gasteiger partial charge in [0.05, 0.1) is 6.61 Å². The summed E-state index contributed by atoms with van der Waals surface area (Å²) >= 11 is 1.72. The largest absolute Gasteiger partial charge is 0.381 e. The van der Waals surface area contributed by atoms with Crippen LogP contribution in [0.2, 0.25) is 0 Å². The Kier molecular flexibility index (Phi) is 4.99. The number of rotatable bonds is 6. The summed E-state index contributed by atoms with van der Waals surface area (Å²) in [7, 11) is 0. The van der Waals surface area contributed by atoms with Crippen LogP contribution in [-0.4, -0.2) is 36.6 Å². The molecule has 25 heavy (non-hydrogen) atoms. The van der Waals surface area contributed by atoms with Crippen LogP contribution in [0.4, 0.5) is 0 Å². The first-order chi connectivity index (χ1) is 12.3. The van der Waals surface area contributed by atoms with Gasteiger partial charge in [-0.05, 0) is 43.0 Å². The molecular weight excluding hydrogens is 330 g/mol. The van der Waals surface area contributed by atoms with E-state index in [1.165, 1.54) is 10.4 Å². The van der Waals surface area contributed by atoms with Crippen molar-refractivity contribution in [3.05, 3.63) is 53.4 Å². The number of hydrogen-bond donors (Lipinski definition) is 0. The molecule has 130 valence electrons. The van der Waals surface area contributed by atoms with Crippen molar-refractivity contribution in [3.8, 4) is 10.4 Å². The molecule has 1 aliphatic heterocycles. The van der Waals surface area contributed by atoms with Gasteiger partial charge >= 0.3 is 0 Å². The van der Waals surface area contributed by atoms with Crippen LogP contribution in [-0.2, 0) is 9.53 Å². The predicted octanol–water partition coefficient (Wildman–Crippen LogP) is 4.46. The standard InChI is InChI=1S/C21H23NO2S/c23-21(22(18-6-7-18)14-16-12-13-24-15-16)11-9-19-8-10-20(25-19)17-4-2-1-3-5-17/h1-5,8-11,16,18H,6-7,12-15H2. The van der Waals surface area contributed by atoms with Gasteiger partial charge in [-0.3, -0.25) is 4.79 Å². The summed E-state index contributed by atoms with van der Waals surface area (Å²) in [6.45, 7) is 2.48. The van der Waals surface area contributed by atoms with Crippen molar-refractivity contribution in [2.75, 3.05) is 19.8 Å². The van der Waals surface area contributed by atoms with Crippen LogP contribution in [0.25, 0.3) is 16.5 Å². The average molecular weight is 353 g/mol. The van der Waals surface area contributed by atoms with Gasteiger partial charge in [0.2, 0.25) is 5.91 Å². The first kappa shape index (κ1) is 16.6. The number of thiophene rings is 1. The smallest absolute Gasteiger partial charge is 0.246 e. The van der Waals surface area contributed by atoms with Gasteiger partial charge in [-0.25, -0.2) is 0 Å². The molecule has 0 N–H and O–H groups in total. The molecule has 4 heteroatoms. The van der Waals surface area contributed by atoms with Crippen LogP contribution in [0.5, 0.6) is 0 Å². The number of carbonyl (C=O) groups excluding carboxylic acids is 1. The summed E-state index contributed by atoms with van der Waals surface area (Å²) in [6.07, 6.45) is 7.06. The Hall–Kier alpha value is -1.91. The molecule has 2 fully saturated rings. The fourth-order valence-electron chi connectivity index (χ4n) is 3.26. The molecule has 3 nitrogen and oxygen atoms in total. The van der Waals surface area contributed by atoms with Gasteiger partial charge < -0.3 is 9.64 Å². The van der Waals surface area contributed by atoms with Gasteiger partial charge in [-0.2, -0.15) is 0 Å². The van der Waals surface area contributed by atoms with Gasteiger partial charge in [-0.1, -0.05) is 30.3 Å². The molecule has 1 aromatic heterocycles. The SMILES string of the molecule is O=C(C=Cc1ccc(-c2ccccc2)s1)N(CC1CCOC1)C1CC1. The van der Waals surface area contributed by atoms with E-state index in [1.807, 2.05) is 24.3 Å². The highest BCUT2D eigenvalue weighted by Gasteiger charge is 2.33. The third kappa shape index (κ3) is 4.20. The van der Waals surface area contributed by atoms with Crippen molar-refractivity contribution in [1.82, 2.24) is 4.90 Å².